The van der Waals surface area contributed by atoms with Crippen LogP contribution in [0.4, 0.5) is 0 Å². The number of carboxylic acids is 3. The van der Waals surface area contributed by atoms with Crippen molar-refractivity contribution in [1.29, 1.82) is 0 Å². The summed E-state index contributed by atoms with van der Waals surface area (Å²) in [6, 6.07) is 29.0. The summed E-state index contributed by atoms with van der Waals surface area (Å²) in [5, 5.41) is 39.4. The van der Waals surface area contributed by atoms with Gasteiger partial charge in [0.25, 0.3) is 0 Å². The van der Waals surface area contributed by atoms with Gasteiger partial charge in [-0.15, -0.1) is 0 Å². The number of esters is 2. The summed E-state index contributed by atoms with van der Waals surface area (Å²) in [5.41, 5.74) is 13.6. The fourth-order valence-electron chi connectivity index (χ4n) is 14.1. The molecule has 6 heterocycles. The number of H-pyrrole nitrogens is 5. The molecule has 5 aromatic heterocycles. The first-order valence-corrected chi connectivity index (χ1v) is 37.3. The van der Waals surface area contributed by atoms with Crippen molar-refractivity contribution in [3.05, 3.63) is 183 Å². The number of Topliss-reactive ketones (excluding diaryl/α,β-unsaturated/α-hetero) is 1. The zero-order chi connectivity index (χ0) is 74.2. The Hall–Kier alpha value is -6.61. The second kappa shape index (κ2) is 43.4. The fourth-order valence-corrected chi connectivity index (χ4v) is 15.4. The van der Waals surface area contributed by atoms with Crippen LogP contribution in [-0.2, 0) is 23.9 Å². The summed E-state index contributed by atoms with van der Waals surface area (Å²) in [4.78, 5) is 84.8. The second-order valence-electron chi connectivity index (χ2n) is 25.8. The molecule has 0 spiro atoms. The number of ketones is 1. The van der Waals surface area contributed by atoms with E-state index in [1.54, 1.807) is 48.7 Å². The number of ether oxygens (including phenoxy) is 3. The Morgan fingerprint density at radius 3 is 1.37 bits per heavy atom. The van der Waals surface area contributed by atoms with Crippen molar-refractivity contribution >= 4 is 146 Å². The Balaban J connectivity index is 0.000000193. The van der Waals surface area contributed by atoms with E-state index in [9.17, 15) is 28.8 Å². The number of aromatic nitrogens is 5. The van der Waals surface area contributed by atoms with E-state index < -0.39 is 21.7 Å². The van der Waals surface area contributed by atoms with Crippen LogP contribution in [-0.4, -0.2) is 124 Å². The second-order valence-corrected chi connectivity index (χ2v) is 29.0. The van der Waals surface area contributed by atoms with Crippen LogP contribution in [0.15, 0.2) is 133 Å². The molecule has 4 saturated carbocycles. The number of rotatable bonds is 9. The number of hydrogen-bond acceptors (Lipinski definition) is 12. The Morgan fingerprint density at radius 1 is 0.514 bits per heavy atom. The minimum Gasteiger partial charge on any atom is -0.870 e. The molecule has 25 heteroatoms. The molecule has 1 atom stereocenters. The summed E-state index contributed by atoms with van der Waals surface area (Å²) in [7, 11) is 3.99. The fraction of sp³-hybridized carbons (Fsp3) is 0.400. The van der Waals surface area contributed by atoms with E-state index in [2.05, 4.69) is 58.0 Å². The van der Waals surface area contributed by atoms with E-state index in [1.807, 2.05) is 80.8 Å². The van der Waals surface area contributed by atoms with Crippen molar-refractivity contribution in [2.75, 3.05) is 27.9 Å². The predicted octanol–water partition coefficient (Wildman–Crippen LogP) is 18.4. The first-order chi connectivity index (χ1) is 49.7. The van der Waals surface area contributed by atoms with Crippen LogP contribution in [0.5, 0.6) is 0 Å². The minimum atomic E-state index is -1.23. The van der Waals surface area contributed by atoms with Crippen molar-refractivity contribution < 1.29 is 125 Å². The van der Waals surface area contributed by atoms with Gasteiger partial charge in [0.1, 0.15) is 11.9 Å². The molecule has 1 unspecified atom stereocenters. The van der Waals surface area contributed by atoms with Crippen molar-refractivity contribution in [2.45, 2.75) is 176 Å². The third-order valence-electron chi connectivity index (χ3n) is 19.2. The third kappa shape index (κ3) is 24.2. The van der Waals surface area contributed by atoms with E-state index in [0.717, 1.165) is 101 Å². The summed E-state index contributed by atoms with van der Waals surface area (Å²) < 4.78 is 14.4. The van der Waals surface area contributed by atoms with Crippen LogP contribution in [0.1, 0.15) is 240 Å². The van der Waals surface area contributed by atoms with E-state index in [4.69, 9.17) is 69.6 Å². The number of nitrogens with one attached hydrogen (secondary N) is 5. The van der Waals surface area contributed by atoms with Gasteiger partial charge in [-0.05, 0) is 212 Å². The quantitative estimate of drug-likeness (QED) is 0.0213. The van der Waals surface area contributed by atoms with Crippen LogP contribution in [0.2, 0.25) is 0 Å². The Morgan fingerprint density at radius 2 is 0.943 bits per heavy atom. The van der Waals surface area contributed by atoms with Crippen molar-refractivity contribution in [3.8, 4) is 0 Å². The summed E-state index contributed by atoms with van der Waals surface area (Å²) >= 11 is 20.3. The van der Waals surface area contributed by atoms with E-state index in [0.29, 0.717) is 51.4 Å². The molecule has 1 aliphatic heterocycles. The molecule has 0 radical (unpaired) electrons. The molecule has 0 amide bonds. The van der Waals surface area contributed by atoms with Crippen molar-refractivity contribution in [3.63, 3.8) is 0 Å². The van der Waals surface area contributed by atoms with Crippen LogP contribution >= 0.6 is 50.7 Å². The number of fused-ring (bicyclic) bond motifs is 5. The van der Waals surface area contributed by atoms with Crippen LogP contribution in [0.25, 0.3) is 60.1 Å². The molecule has 5 aromatic carbocycles. The van der Waals surface area contributed by atoms with Crippen molar-refractivity contribution in [2.24, 2.45) is 0 Å². The Kier molecular flexibility index (Phi) is 36.1. The normalized spacial score (nSPS) is 16.0. The van der Waals surface area contributed by atoms with Gasteiger partial charge in [-0.3, -0.25) is 10.1 Å². The van der Waals surface area contributed by atoms with Crippen LogP contribution in [0.3, 0.4) is 0 Å². The number of aromatic carboxylic acids is 3. The predicted molar refractivity (Wildman–Crippen MR) is 414 cm³/mol. The van der Waals surface area contributed by atoms with Gasteiger partial charge in [-0.25, -0.2) is 28.9 Å². The van der Waals surface area contributed by atoms with Gasteiger partial charge in [-0.2, -0.15) is 0 Å². The Labute approximate surface area is 677 Å². The van der Waals surface area contributed by atoms with E-state index in [1.165, 1.54) is 149 Å². The molecule has 105 heavy (non-hydrogen) atoms. The number of allylic oxidation sites excluding steroid dienone is 2. The van der Waals surface area contributed by atoms with Gasteiger partial charge in [0.2, 0.25) is 3.79 Å². The number of carbonyl (C=O) groups is 6. The molecule has 20 nitrogen and oxygen atoms in total. The summed E-state index contributed by atoms with van der Waals surface area (Å²) in [6.07, 6.45) is 34.8. The maximum Gasteiger partial charge on any atom is 1.00 e. The van der Waals surface area contributed by atoms with Crippen LogP contribution in [0, 0.1) is 0 Å². The smallest absolute Gasteiger partial charge is 0.870 e. The molecule has 10 N–H and O–H groups in total. The maximum absolute atomic E-state index is 11.6. The molecule has 0 bridgehead atoms. The van der Waals surface area contributed by atoms with Gasteiger partial charge >= 0.3 is 81.2 Å². The summed E-state index contributed by atoms with van der Waals surface area (Å²) in [6.45, 7) is 4.72. The molecular formula is C80H94BrCl3KN5O15. The van der Waals surface area contributed by atoms with Gasteiger partial charge in [0, 0.05) is 98.9 Å². The number of benzene rings is 5. The molecule has 1 saturated heterocycles. The number of halogens is 4. The third-order valence-corrected chi connectivity index (χ3v) is 20.6. The average Bonchev–Trinajstić information content (AvgIpc) is 1.91. The summed E-state index contributed by atoms with van der Waals surface area (Å²) in [5.74, 6) is -0.813. The standard InChI is InChI=1S/C15H16BrNO2.C15H17NO2.C14H15NO2.C14H13NO2.C9H7NO2.C5H7Cl3O.C5H8O.C2H6.CH4O2.K.H2O/c1-19-15(18)10-6-7-11-12(8-10)17-14(16)13(11)9-4-2-3-5-9;1-18-15(17)11-6-7-12-13(9-16-14(12)8-11)10-4-2-3-5-10;2*16-14(17)10-5-6-11-12(8-15-13(11)7-10)9-3-1-2-4-9;11-9(12)7-2-1-6-3-4-10-8(6)5-7;6-5(7,8)4-2-1-3-9-4;6-5-3-1-2-4-5;1-2;1-3-2;;/h6-9,17H,2-5H2,1H3;6-10,16H,2-5H2,1H3;5-9,15H,1-4H2,(H,16,17);3,5-8,15H,1-2,4H2,(H,16,17);1-5,10H,(H,11,12);4H,1-3H2;1-4H2;1-2H3;2H,1H3;;1H2/q;;;;;;;;;+1;/p-1. The zero-order valence-corrected chi connectivity index (χ0v) is 67.3. The molecule has 558 valence electrons. The number of methoxy groups -OCH3 is 2. The number of carboxylic acid groups (broad SMARTS) is 3. The van der Waals surface area contributed by atoms with E-state index >= 15 is 0 Å². The number of alkyl halides is 3. The van der Waals surface area contributed by atoms with Gasteiger partial charge in [0.05, 0.1) is 53.7 Å². The number of hydrogen-bond donors (Lipinski definition) is 9. The molecule has 5 aliphatic carbocycles. The minimum absolute atomic E-state index is 0. The van der Waals surface area contributed by atoms with Gasteiger partial charge in [-0.1, -0.05) is 124 Å². The van der Waals surface area contributed by atoms with Gasteiger partial charge < -0.3 is 59.9 Å². The van der Waals surface area contributed by atoms with Gasteiger partial charge in [0.15, 0.2) is 0 Å². The van der Waals surface area contributed by atoms with E-state index in [-0.39, 0.29) is 74.9 Å². The first kappa shape index (κ1) is 87.3. The van der Waals surface area contributed by atoms with Crippen LogP contribution < -0.4 is 51.4 Å². The average molecular weight is 1590 g/mol. The maximum atomic E-state index is 11.6. The molecule has 6 aliphatic rings. The number of aromatic amines is 5. The zero-order valence-electron chi connectivity index (χ0n) is 60.3. The molecule has 5 fully saturated rings. The van der Waals surface area contributed by atoms with Crippen molar-refractivity contribution in [1.82, 2.24) is 24.9 Å². The molecule has 10 aromatic rings. The topological polar surface area (TPSA) is 329 Å². The first-order valence-electron chi connectivity index (χ1n) is 35.3. The number of carbonyl (C=O) groups excluding carboxylic acids is 3. The Bertz CT molecular complexity index is 4500. The molecule has 16 rings (SSSR count). The monoisotopic (exact) mass is 1590 g/mol. The largest absolute Gasteiger partial charge is 1.00 e. The molecular weight excluding hydrogens is 1500 g/mol. The SMILES string of the molecule is CC.COC(=O)c1ccc2c(C3CCCC3)c(Br)[nH]c2c1.COC(=O)c1ccc2c(C3CCCC3)c[nH]c2c1.COO.ClC(Cl)(Cl)C1CCCO1.O=C(O)c1ccc2c(C3=CCCC3)c[nH]c2c1.O=C(O)c1ccc2c(C3CCCC3)c[nH]c2c1.O=C(O)c1ccc2cc[nH]c2c1.O=C1CCCC1.[K+].[OH-].